The Kier molecular flexibility index (Phi) is 14.4. The maximum absolute atomic E-state index is 14.4. The summed E-state index contributed by atoms with van der Waals surface area (Å²) in [6, 6.07) is 10.3. The van der Waals surface area contributed by atoms with Crippen LogP contribution in [0.4, 0.5) is 53.0 Å². The third-order valence-corrected chi connectivity index (χ3v) is 9.04. The predicted octanol–water partition coefficient (Wildman–Crippen LogP) is 8.33. The molecule has 55 heavy (non-hydrogen) atoms. The summed E-state index contributed by atoms with van der Waals surface area (Å²) in [5, 5.41) is 17.8. The molecule has 4 atom stereocenters. The number of carbonyl (C=O) groups excluding carboxylic acids is 3. The second kappa shape index (κ2) is 18.5. The minimum atomic E-state index is -4.54. The number of ether oxygens (including phenoxy) is 2. The normalized spacial score (nSPS) is 19.3. The summed E-state index contributed by atoms with van der Waals surface area (Å²) in [7, 11) is 1.51. The molecule has 0 radical (unpaired) electrons. The van der Waals surface area contributed by atoms with Gasteiger partial charge in [0.05, 0.1) is 41.5 Å². The lowest BCUT2D eigenvalue weighted by molar-refractivity contribution is -0.138. The van der Waals surface area contributed by atoms with Crippen LogP contribution in [0.2, 0.25) is 0 Å². The molecule has 3 aromatic rings. The van der Waals surface area contributed by atoms with Gasteiger partial charge in [0.2, 0.25) is 0 Å². The Balaban J connectivity index is 1.54. The van der Waals surface area contributed by atoms with Gasteiger partial charge in [0.25, 0.3) is 5.91 Å². The van der Waals surface area contributed by atoms with E-state index in [0.717, 1.165) is 48.5 Å². The lowest BCUT2D eigenvalue weighted by Gasteiger charge is -2.35. The molecule has 1 aliphatic rings. The van der Waals surface area contributed by atoms with Crippen LogP contribution in [0.25, 0.3) is 0 Å². The first-order valence-electron chi connectivity index (χ1n) is 17.6. The van der Waals surface area contributed by atoms with E-state index in [9.17, 15) is 45.8 Å². The van der Waals surface area contributed by atoms with E-state index < -0.39 is 66.1 Å². The number of benzene rings is 3. The zero-order valence-electron chi connectivity index (χ0n) is 30.8. The molecule has 3 aromatic carbocycles. The van der Waals surface area contributed by atoms with Crippen molar-refractivity contribution < 1.29 is 55.3 Å². The molecule has 1 aliphatic heterocycles. The van der Waals surface area contributed by atoms with Crippen LogP contribution >= 0.6 is 0 Å². The molecule has 5 amide bonds. The number of amides is 5. The minimum absolute atomic E-state index is 0.0562. The number of aliphatic hydroxyl groups excluding tert-OH is 1. The number of rotatable bonds is 7. The SMILES string of the molecule is C[C@@H]1CCCCO[C@H](CN(C)C(=O)Nc2ccc(C(F)(F)F)cc2)[C@@H](C)CN([C@@H](C)CO)C(=O)c2cc(NC(=O)Nc3ccc(C(F)(F)F)cc3)ccc2O1. The summed E-state index contributed by atoms with van der Waals surface area (Å²) in [4.78, 5) is 43.1. The van der Waals surface area contributed by atoms with Crippen molar-refractivity contribution in [3.8, 4) is 5.75 Å². The van der Waals surface area contributed by atoms with Gasteiger partial charge in [-0.05, 0) is 99.8 Å². The quantitative estimate of drug-likeness (QED) is 0.178. The molecule has 4 N–H and O–H groups in total. The Hall–Kier alpha value is -5.03. The van der Waals surface area contributed by atoms with Crippen LogP contribution < -0.4 is 20.7 Å². The first-order chi connectivity index (χ1) is 25.8. The van der Waals surface area contributed by atoms with Gasteiger partial charge in [-0.15, -0.1) is 0 Å². The van der Waals surface area contributed by atoms with E-state index in [2.05, 4.69) is 16.0 Å². The van der Waals surface area contributed by atoms with Gasteiger partial charge in [0.1, 0.15) is 5.75 Å². The first-order valence-corrected chi connectivity index (χ1v) is 17.6. The second-order valence-corrected chi connectivity index (χ2v) is 13.6. The Morgan fingerprint density at radius 1 is 0.873 bits per heavy atom. The van der Waals surface area contributed by atoms with Crippen LogP contribution in [-0.4, -0.2) is 84.5 Å². The predicted molar refractivity (Wildman–Crippen MR) is 194 cm³/mol. The van der Waals surface area contributed by atoms with E-state index in [4.69, 9.17) is 9.47 Å². The molecule has 17 heteroatoms. The van der Waals surface area contributed by atoms with Gasteiger partial charge >= 0.3 is 24.4 Å². The number of aliphatic hydroxyl groups is 1. The van der Waals surface area contributed by atoms with E-state index in [0.29, 0.717) is 25.9 Å². The minimum Gasteiger partial charge on any atom is -0.490 e. The summed E-state index contributed by atoms with van der Waals surface area (Å²) in [6.45, 7) is 5.36. The first kappa shape index (κ1) is 42.7. The van der Waals surface area contributed by atoms with Gasteiger partial charge in [0, 0.05) is 49.7 Å². The van der Waals surface area contributed by atoms with E-state index in [1.165, 1.54) is 35.0 Å². The number of carbonyl (C=O) groups is 3. The molecule has 300 valence electrons. The van der Waals surface area contributed by atoms with E-state index >= 15 is 0 Å². The Morgan fingerprint density at radius 3 is 1.98 bits per heavy atom. The summed E-state index contributed by atoms with van der Waals surface area (Å²) in [6.07, 6.45) is -8.06. The average molecular weight is 782 g/mol. The van der Waals surface area contributed by atoms with Crippen molar-refractivity contribution in [2.45, 2.75) is 70.6 Å². The van der Waals surface area contributed by atoms with Crippen LogP contribution in [0.1, 0.15) is 61.5 Å². The van der Waals surface area contributed by atoms with Crippen LogP contribution in [0.3, 0.4) is 0 Å². The Labute approximate surface area is 315 Å². The molecule has 0 saturated carbocycles. The fourth-order valence-electron chi connectivity index (χ4n) is 5.81. The monoisotopic (exact) mass is 781 g/mol. The van der Waals surface area contributed by atoms with E-state index in [1.54, 1.807) is 6.92 Å². The second-order valence-electron chi connectivity index (χ2n) is 13.6. The summed E-state index contributed by atoms with van der Waals surface area (Å²) >= 11 is 0. The fraction of sp³-hybridized carbons (Fsp3) is 0.447. The van der Waals surface area contributed by atoms with Crippen molar-refractivity contribution in [3.63, 3.8) is 0 Å². The van der Waals surface area contributed by atoms with Crippen molar-refractivity contribution in [1.82, 2.24) is 9.80 Å². The molecule has 1 heterocycles. The van der Waals surface area contributed by atoms with Crippen molar-refractivity contribution in [3.05, 3.63) is 83.4 Å². The van der Waals surface area contributed by atoms with Gasteiger partial charge in [-0.3, -0.25) is 4.79 Å². The molecule has 0 aromatic heterocycles. The van der Waals surface area contributed by atoms with Crippen LogP contribution in [-0.2, 0) is 17.1 Å². The molecule has 4 rings (SSSR count). The van der Waals surface area contributed by atoms with Gasteiger partial charge in [0.15, 0.2) is 0 Å². The number of urea groups is 2. The maximum Gasteiger partial charge on any atom is 0.416 e. The number of halogens is 6. The zero-order chi connectivity index (χ0) is 40.5. The van der Waals surface area contributed by atoms with Crippen molar-refractivity contribution in [1.29, 1.82) is 0 Å². The highest BCUT2D eigenvalue weighted by atomic mass is 19.4. The molecule has 11 nitrogen and oxygen atoms in total. The van der Waals surface area contributed by atoms with Crippen LogP contribution in [0, 0.1) is 5.92 Å². The number of hydrogen-bond acceptors (Lipinski definition) is 6. The number of anilines is 3. The highest BCUT2D eigenvalue weighted by Gasteiger charge is 2.33. The lowest BCUT2D eigenvalue weighted by Crippen LogP contribution is -2.48. The Morgan fingerprint density at radius 2 is 1.42 bits per heavy atom. The van der Waals surface area contributed by atoms with Crippen LogP contribution in [0.5, 0.6) is 5.75 Å². The average Bonchev–Trinajstić information content (AvgIpc) is 3.12. The fourth-order valence-corrected chi connectivity index (χ4v) is 5.81. The largest absolute Gasteiger partial charge is 0.490 e. The van der Waals surface area contributed by atoms with E-state index in [1.807, 2.05) is 13.8 Å². The maximum atomic E-state index is 14.4. The standard InChI is InChI=1S/C38H45F6N5O6/c1-23-20-49(24(2)22-50)34(51)31-19-30(46-35(52)45-28-12-8-26(9-13-28)37(39,40)41)16-17-32(31)55-25(3)7-5-6-18-54-33(23)21-48(4)36(53)47-29-14-10-27(11-15-29)38(42,43)44/h8-17,19,23-25,33,50H,5-7,18,20-22H2,1-4H3,(H,47,53)(H2,45,46,52)/t23-,24-,25+,33+/m0/s1. The number of hydrogen-bond donors (Lipinski definition) is 4. The van der Waals surface area contributed by atoms with Gasteiger partial charge in [-0.25, -0.2) is 9.59 Å². The molecule has 0 saturated heterocycles. The number of fused-ring (bicyclic) bond motifs is 1. The molecular formula is C38H45F6N5O6. The summed E-state index contributed by atoms with van der Waals surface area (Å²) in [5.41, 5.74) is -1.20. The molecule has 0 unspecified atom stereocenters. The number of nitrogens with one attached hydrogen (secondary N) is 3. The summed E-state index contributed by atoms with van der Waals surface area (Å²) in [5.74, 6) is -0.716. The lowest BCUT2D eigenvalue weighted by atomic mass is 10.0. The topological polar surface area (TPSA) is 132 Å². The van der Waals surface area contributed by atoms with Gasteiger partial charge in [-0.1, -0.05) is 6.92 Å². The smallest absolute Gasteiger partial charge is 0.416 e. The Bertz CT molecular complexity index is 1760. The molecule has 0 spiro atoms. The third-order valence-electron chi connectivity index (χ3n) is 9.04. The van der Waals surface area contributed by atoms with E-state index in [-0.39, 0.29) is 47.6 Å². The highest BCUT2D eigenvalue weighted by Crippen LogP contribution is 2.32. The molecule has 0 fully saturated rings. The van der Waals surface area contributed by atoms with Crippen molar-refractivity contribution in [2.75, 3.05) is 49.3 Å². The molecular weight excluding hydrogens is 736 g/mol. The third kappa shape index (κ3) is 12.2. The molecule has 0 bridgehead atoms. The van der Waals surface area contributed by atoms with Gasteiger partial charge < -0.3 is 40.3 Å². The highest BCUT2D eigenvalue weighted by molar-refractivity contribution is 6.02. The van der Waals surface area contributed by atoms with Gasteiger partial charge in [-0.2, -0.15) is 26.3 Å². The molecule has 0 aliphatic carbocycles. The van der Waals surface area contributed by atoms with Crippen LogP contribution in [0.15, 0.2) is 66.7 Å². The number of nitrogens with zero attached hydrogens (tertiary/aromatic N) is 2. The van der Waals surface area contributed by atoms with Crippen molar-refractivity contribution >= 4 is 35.0 Å². The van der Waals surface area contributed by atoms with Crippen molar-refractivity contribution in [2.24, 2.45) is 5.92 Å². The zero-order valence-corrected chi connectivity index (χ0v) is 30.8. The summed E-state index contributed by atoms with van der Waals surface area (Å²) < 4.78 is 90.4. The number of alkyl halides is 6. The number of likely N-dealkylation sites (N-methyl/N-ethyl adjacent to an activating group) is 1.